The maximum Gasteiger partial charge on any atom is 0.250 e. The van der Waals surface area contributed by atoms with Crippen molar-refractivity contribution in [3.05, 3.63) is 28.8 Å². The van der Waals surface area contributed by atoms with E-state index in [1.54, 1.807) is 18.2 Å². The summed E-state index contributed by atoms with van der Waals surface area (Å²) in [6, 6.07) is 4.86. The highest BCUT2D eigenvalue weighted by Gasteiger charge is 2.07. The van der Waals surface area contributed by atoms with E-state index in [1.165, 1.54) is 0 Å². The summed E-state index contributed by atoms with van der Waals surface area (Å²) >= 11 is 5.78. The van der Waals surface area contributed by atoms with E-state index in [1.807, 2.05) is 0 Å². The van der Waals surface area contributed by atoms with E-state index in [2.05, 4.69) is 5.32 Å². The molecule has 1 rings (SSSR count). The van der Waals surface area contributed by atoms with Crippen LogP contribution in [0.5, 0.6) is 0 Å². The first kappa shape index (κ1) is 10.8. The molecule has 0 saturated carbocycles. The van der Waals surface area contributed by atoms with Crippen molar-refractivity contribution >= 4 is 23.2 Å². The highest BCUT2D eigenvalue weighted by atomic mass is 35.5. The maximum atomic E-state index is 11.0. The van der Waals surface area contributed by atoms with Gasteiger partial charge in [0.05, 0.1) is 5.56 Å². The lowest BCUT2D eigenvalue weighted by atomic mass is 10.1. The van der Waals surface area contributed by atoms with Crippen molar-refractivity contribution in [2.75, 3.05) is 18.4 Å². The third-order valence-corrected chi connectivity index (χ3v) is 1.94. The Kier molecular flexibility index (Phi) is 3.73. The van der Waals surface area contributed by atoms with Gasteiger partial charge in [0, 0.05) is 23.8 Å². The van der Waals surface area contributed by atoms with Gasteiger partial charge in [-0.05, 0) is 18.2 Å². The van der Waals surface area contributed by atoms with Gasteiger partial charge in [-0.1, -0.05) is 11.6 Å². The minimum absolute atomic E-state index is 0.419. The van der Waals surface area contributed by atoms with Gasteiger partial charge in [-0.3, -0.25) is 4.79 Å². The molecule has 0 bridgehead atoms. The maximum absolute atomic E-state index is 11.0. The molecule has 0 aromatic heterocycles. The highest BCUT2D eigenvalue weighted by molar-refractivity contribution is 6.31. The number of benzene rings is 1. The Morgan fingerprint density at radius 3 is 2.79 bits per heavy atom. The molecule has 0 aliphatic heterocycles. The number of nitrogens with two attached hydrogens (primary N) is 2. The molecule has 5 N–H and O–H groups in total. The molecule has 0 radical (unpaired) electrons. The lowest BCUT2D eigenvalue weighted by Crippen LogP contribution is -2.18. The average molecular weight is 214 g/mol. The first-order valence-corrected chi connectivity index (χ1v) is 4.56. The fourth-order valence-electron chi connectivity index (χ4n) is 1.08. The number of rotatable bonds is 4. The Bertz CT molecular complexity index is 341. The van der Waals surface area contributed by atoms with Crippen molar-refractivity contribution in [1.82, 2.24) is 0 Å². The van der Waals surface area contributed by atoms with E-state index in [9.17, 15) is 4.79 Å². The molecular formula is C9H12ClN3O. The SMILES string of the molecule is NCCNc1cc(Cl)ccc1C(N)=O. The van der Waals surface area contributed by atoms with Crippen LogP contribution >= 0.6 is 11.6 Å². The van der Waals surface area contributed by atoms with Crippen LogP contribution in [-0.4, -0.2) is 19.0 Å². The van der Waals surface area contributed by atoms with E-state index >= 15 is 0 Å². The number of amides is 1. The molecule has 0 saturated heterocycles. The standard InChI is InChI=1S/C9H12ClN3O/c10-6-1-2-7(9(12)14)8(5-6)13-4-3-11/h1-2,5,13H,3-4,11H2,(H2,12,14). The van der Waals surface area contributed by atoms with Gasteiger partial charge in [0.15, 0.2) is 0 Å². The molecule has 0 spiro atoms. The van der Waals surface area contributed by atoms with Gasteiger partial charge in [-0.25, -0.2) is 0 Å². The van der Waals surface area contributed by atoms with Crippen LogP contribution in [0, 0.1) is 0 Å². The van der Waals surface area contributed by atoms with Crippen LogP contribution in [0.1, 0.15) is 10.4 Å². The molecular weight excluding hydrogens is 202 g/mol. The van der Waals surface area contributed by atoms with Gasteiger partial charge in [0.25, 0.3) is 5.91 Å². The molecule has 0 aliphatic carbocycles. The molecule has 0 heterocycles. The lowest BCUT2D eigenvalue weighted by molar-refractivity contribution is 0.100. The van der Waals surface area contributed by atoms with E-state index in [0.29, 0.717) is 29.4 Å². The number of carbonyl (C=O) groups is 1. The largest absolute Gasteiger partial charge is 0.383 e. The van der Waals surface area contributed by atoms with E-state index in [4.69, 9.17) is 23.1 Å². The van der Waals surface area contributed by atoms with Crippen LogP contribution < -0.4 is 16.8 Å². The van der Waals surface area contributed by atoms with Crippen molar-refractivity contribution in [2.45, 2.75) is 0 Å². The first-order valence-electron chi connectivity index (χ1n) is 4.18. The Hall–Kier alpha value is -1.26. The zero-order chi connectivity index (χ0) is 10.6. The second-order valence-corrected chi connectivity index (χ2v) is 3.21. The summed E-state index contributed by atoms with van der Waals surface area (Å²) in [5, 5.41) is 3.53. The van der Waals surface area contributed by atoms with Gasteiger partial charge in [0.1, 0.15) is 0 Å². The van der Waals surface area contributed by atoms with E-state index in [-0.39, 0.29) is 0 Å². The molecule has 5 heteroatoms. The quantitative estimate of drug-likeness (QED) is 0.692. The molecule has 14 heavy (non-hydrogen) atoms. The van der Waals surface area contributed by atoms with Crippen LogP contribution in [0.2, 0.25) is 5.02 Å². The van der Waals surface area contributed by atoms with Crippen molar-refractivity contribution in [2.24, 2.45) is 11.5 Å². The van der Waals surface area contributed by atoms with Gasteiger partial charge >= 0.3 is 0 Å². The molecule has 1 aromatic rings. The fraction of sp³-hybridized carbons (Fsp3) is 0.222. The van der Waals surface area contributed by atoms with Crippen molar-refractivity contribution in [3.8, 4) is 0 Å². The smallest absolute Gasteiger partial charge is 0.250 e. The Labute approximate surface area is 87.2 Å². The third-order valence-electron chi connectivity index (χ3n) is 1.71. The number of primary amides is 1. The lowest BCUT2D eigenvalue weighted by Gasteiger charge is -2.09. The molecule has 0 fully saturated rings. The number of hydrogen-bond acceptors (Lipinski definition) is 3. The first-order chi connectivity index (χ1) is 6.65. The molecule has 1 amide bonds. The van der Waals surface area contributed by atoms with Crippen molar-refractivity contribution in [3.63, 3.8) is 0 Å². The Balaban J connectivity index is 2.97. The summed E-state index contributed by atoms with van der Waals surface area (Å²) in [7, 11) is 0. The second-order valence-electron chi connectivity index (χ2n) is 2.77. The van der Waals surface area contributed by atoms with Crippen molar-refractivity contribution in [1.29, 1.82) is 0 Å². The van der Waals surface area contributed by atoms with Crippen LogP contribution in [0.4, 0.5) is 5.69 Å². The Morgan fingerprint density at radius 2 is 2.21 bits per heavy atom. The number of hydrogen-bond donors (Lipinski definition) is 3. The Morgan fingerprint density at radius 1 is 1.50 bits per heavy atom. The fourth-order valence-corrected chi connectivity index (χ4v) is 1.26. The van der Waals surface area contributed by atoms with Crippen molar-refractivity contribution < 1.29 is 4.79 Å². The molecule has 1 aromatic carbocycles. The van der Waals surface area contributed by atoms with Crippen LogP contribution in [0.15, 0.2) is 18.2 Å². The third kappa shape index (κ3) is 2.61. The van der Waals surface area contributed by atoms with Gasteiger partial charge in [0.2, 0.25) is 0 Å². The molecule has 0 unspecified atom stereocenters. The predicted molar refractivity (Wildman–Crippen MR) is 57.5 cm³/mol. The summed E-state index contributed by atoms with van der Waals surface area (Å²) < 4.78 is 0. The summed E-state index contributed by atoms with van der Waals surface area (Å²) in [4.78, 5) is 11.0. The minimum Gasteiger partial charge on any atom is -0.383 e. The van der Waals surface area contributed by atoms with Gasteiger partial charge in [-0.2, -0.15) is 0 Å². The monoisotopic (exact) mass is 213 g/mol. The normalized spacial score (nSPS) is 9.86. The second kappa shape index (κ2) is 4.83. The van der Waals surface area contributed by atoms with Crippen LogP contribution in [-0.2, 0) is 0 Å². The summed E-state index contributed by atoms with van der Waals surface area (Å²) in [5.41, 5.74) is 11.6. The van der Waals surface area contributed by atoms with Crippen LogP contribution in [0.25, 0.3) is 0 Å². The number of halogens is 1. The van der Waals surface area contributed by atoms with E-state index in [0.717, 1.165) is 0 Å². The van der Waals surface area contributed by atoms with E-state index < -0.39 is 5.91 Å². The summed E-state index contributed by atoms with van der Waals surface area (Å²) in [5.74, 6) is -0.485. The van der Waals surface area contributed by atoms with Gasteiger partial charge < -0.3 is 16.8 Å². The number of nitrogens with one attached hydrogen (secondary N) is 1. The van der Waals surface area contributed by atoms with Crippen LogP contribution in [0.3, 0.4) is 0 Å². The molecule has 0 aliphatic rings. The molecule has 4 nitrogen and oxygen atoms in total. The summed E-state index contributed by atoms with van der Waals surface area (Å²) in [6.07, 6.45) is 0. The van der Waals surface area contributed by atoms with Gasteiger partial charge in [-0.15, -0.1) is 0 Å². The number of carbonyl (C=O) groups excluding carboxylic acids is 1. The zero-order valence-corrected chi connectivity index (χ0v) is 8.34. The highest BCUT2D eigenvalue weighted by Crippen LogP contribution is 2.20. The predicted octanol–water partition coefficient (Wildman–Crippen LogP) is 0.809. The molecule has 76 valence electrons. The molecule has 0 atom stereocenters. The average Bonchev–Trinajstić information content (AvgIpc) is 2.14. The summed E-state index contributed by atoms with van der Waals surface area (Å²) in [6.45, 7) is 1.05. The number of anilines is 1. The topological polar surface area (TPSA) is 81.1 Å². The minimum atomic E-state index is -0.485. The zero-order valence-electron chi connectivity index (χ0n) is 7.59.